The lowest BCUT2D eigenvalue weighted by Crippen LogP contribution is -2.31. The average Bonchev–Trinajstić information content (AvgIpc) is 2.70. The third-order valence-electron chi connectivity index (χ3n) is 4.02. The van der Waals surface area contributed by atoms with Crippen LogP contribution < -0.4 is 10.9 Å². The SMILES string of the molecule is CCSc1ccccc1C(=O)NCCn1cnc(-c2ccccc2)cc1=O. The van der Waals surface area contributed by atoms with Crippen LogP contribution in [-0.2, 0) is 6.54 Å². The molecule has 1 heterocycles. The van der Waals surface area contributed by atoms with Gasteiger partial charge in [0.1, 0.15) is 0 Å². The van der Waals surface area contributed by atoms with E-state index in [1.807, 2.05) is 54.6 Å². The molecule has 5 nitrogen and oxygen atoms in total. The fourth-order valence-corrected chi connectivity index (χ4v) is 3.48. The van der Waals surface area contributed by atoms with Crippen LogP contribution in [0.25, 0.3) is 11.3 Å². The van der Waals surface area contributed by atoms with Crippen LogP contribution in [0.4, 0.5) is 0 Å². The molecule has 138 valence electrons. The smallest absolute Gasteiger partial charge is 0.253 e. The Morgan fingerprint density at radius 3 is 2.59 bits per heavy atom. The van der Waals surface area contributed by atoms with E-state index < -0.39 is 0 Å². The summed E-state index contributed by atoms with van der Waals surface area (Å²) >= 11 is 1.64. The van der Waals surface area contributed by atoms with Gasteiger partial charge >= 0.3 is 0 Å². The molecule has 0 saturated carbocycles. The van der Waals surface area contributed by atoms with E-state index in [2.05, 4.69) is 17.2 Å². The predicted molar refractivity (Wildman–Crippen MR) is 109 cm³/mol. The fraction of sp³-hybridized carbons (Fsp3) is 0.190. The van der Waals surface area contributed by atoms with Gasteiger partial charge in [-0.3, -0.25) is 14.2 Å². The molecule has 0 spiro atoms. The predicted octanol–water partition coefficient (Wildman–Crippen LogP) is 3.45. The van der Waals surface area contributed by atoms with Crippen molar-refractivity contribution in [1.29, 1.82) is 0 Å². The van der Waals surface area contributed by atoms with Gasteiger partial charge < -0.3 is 5.32 Å². The van der Waals surface area contributed by atoms with Gasteiger partial charge in [-0.25, -0.2) is 4.98 Å². The summed E-state index contributed by atoms with van der Waals surface area (Å²) < 4.78 is 1.50. The van der Waals surface area contributed by atoms with Gasteiger partial charge in [0.05, 0.1) is 17.6 Å². The first-order valence-corrected chi connectivity index (χ1v) is 9.79. The zero-order valence-corrected chi connectivity index (χ0v) is 15.9. The van der Waals surface area contributed by atoms with E-state index in [1.165, 1.54) is 17.0 Å². The highest BCUT2D eigenvalue weighted by Gasteiger charge is 2.10. The number of thioether (sulfide) groups is 1. The fourth-order valence-electron chi connectivity index (χ4n) is 2.68. The molecule has 27 heavy (non-hydrogen) atoms. The molecule has 0 radical (unpaired) electrons. The van der Waals surface area contributed by atoms with E-state index >= 15 is 0 Å². The highest BCUT2D eigenvalue weighted by molar-refractivity contribution is 7.99. The molecule has 0 aliphatic heterocycles. The quantitative estimate of drug-likeness (QED) is 0.639. The summed E-state index contributed by atoms with van der Waals surface area (Å²) in [5.41, 5.74) is 2.07. The zero-order chi connectivity index (χ0) is 19.1. The van der Waals surface area contributed by atoms with E-state index in [0.29, 0.717) is 24.3 Å². The van der Waals surface area contributed by atoms with Crippen molar-refractivity contribution in [2.24, 2.45) is 0 Å². The second-order valence-corrected chi connectivity index (χ2v) is 7.16. The van der Waals surface area contributed by atoms with Crippen molar-refractivity contribution in [3.05, 3.63) is 82.9 Å². The molecule has 1 aromatic heterocycles. The van der Waals surface area contributed by atoms with Gasteiger partial charge in [0.2, 0.25) is 0 Å². The molecule has 0 unspecified atom stereocenters. The van der Waals surface area contributed by atoms with Crippen molar-refractivity contribution >= 4 is 17.7 Å². The molecule has 0 atom stereocenters. The van der Waals surface area contributed by atoms with Crippen LogP contribution in [-0.4, -0.2) is 27.8 Å². The molecule has 0 aliphatic carbocycles. The Balaban J connectivity index is 1.62. The number of rotatable bonds is 7. The van der Waals surface area contributed by atoms with Crippen LogP contribution in [0.15, 0.2) is 76.7 Å². The number of hydrogen-bond acceptors (Lipinski definition) is 4. The molecule has 1 N–H and O–H groups in total. The zero-order valence-electron chi connectivity index (χ0n) is 15.1. The third kappa shape index (κ3) is 4.86. The van der Waals surface area contributed by atoms with Gasteiger partial charge in [-0.15, -0.1) is 11.8 Å². The maximum absolute atomic E-state index is 12.4. The maximum Gasteiger partial charge on any atom is 0.253 e. The minimum Gasteiger partial charge on any atom is -0.350 e. The molecule has 0 aliphatic rings. The lowest BCUT2D eigenvalue weighted by atomic mass is 10.1. The van der Waals surface area contributed by atoms with Crippen LogP contribution in [0.5, 0.6) is 0 Å². The molecular weight excluding hydrogens is 358 g/mol. The van der Waals surface area contributed by atoms with E-state index in [1.54, 1.807) is 11.8 Å². The Labute approximate surface area is 162 Å². The minimum absolute atomic E-state index is 0.131. The highest BCUT2D eigenvalue weighted by Crippen LogP contribution is 2.22. The monoisotopic (exact) mass is 379 g/mol. The molecule has 3 rings (SSSR count). The van der Waals surface area contributed by atoms with E-state index in [0.717, 1.165) is 16.2 Å². The van der Waals surface area contributed by atoms with Gasteiger partial charge in [-0.1, -0.05) is 49.4 Å². The standard InChI is InChI=1S/C21H21N3O2S/c1-2-27-19-11-7-6-10-17(19)21(26)22-12-13-24-15-23-18(14-20(24)25)16-8-4-3-5-9-16/h3-11,14-15H,2,12-13H2,1H3,(H,22,26). The first-order valence-electron chi connectivity index (χ1n) is 8.81. The topological polar surface area (TPSA) is 64.0 Å². The Morgan fingerprint density at radius 1 is 1.11 bits per heavy atom. The number of carbonyl (C=O) groups is 1. The Bertz CT molecular complexity index is 970. The molecule has 0 fully saturated rings. The van der Waals surface area contributed by atoms with Crippen LogP contribution in [0, 0.1) is 0 Å². The number of hydrogen-bond donors (Lipinski definition) is 1. The second kappa shape index (κ2) is 9.19. The van der Waals surface area contributed by atoms with Crippen LogP contribution in [0.2, 0.25) is 0 Å². The van der Waals surface area contributed by atoms with E-state index in [4.69, 9.17) is 0 Å². The Kier molecular flexibility index (Phi) is 6.44. The largest absolute Gasteiger partial charge is 0.350 e. The number of nitrogens with one attached hydrogen (secondary N) is 1. The van der Waals surface area contributed by atoms with Gasteiger partial charge in [0.15, 0.2) is 0 Å². The van der Waals surface area contributed by atoms with Crippen molar-refractivity contribution in [2.45, 2.75) is 18.4 Å². The lowest BCUT2D eigenvalue weighted by Gasteiger charge is -2.10. The van der Waals surface area contributed by atoms with Crippen LogP contribution in [0.1, 0.15) is 17.3 Å². The third-order valence-corrected chi connectivity index (χ3v) is 4.97. The summed E-state index contributed by atoms with van der Waals surface area (Å²) in [5.74, 6) is 0.771. The Hall–Kier alpha value is -2.86. The van der Waals surface area contributed by atoms with Crippen molar-refractivity contribution in [2.75, 3.05) is 12.3 Å². The highest BCUT2D eigenvalue weighted by atomic mass is 32.2. The summed E-state index contributed by atoms with van der Waals surface area (Å²) in [5, 5.41) is 2.88. The van der Waals surface area contributed by atoms with Crippen molar-refractivity contribution in [3.8, 4) is 11.3 Å². The summed E-state index contributed by atoms with van der Waals surface area (Å²) in [6, 6.07) is 18.6. The molecule has 0 bridgehead atoms. The molecular formula is C21H21N3O2S. The average molecular weight is 379 g/mol. The first-order chi connectivity index (χ1) is 13.2. The first kappa shape index (κ1) is 18.9. The van der Waals surface area contributed by atoms with Crippen LogP contribution >= 0.6 is 11.8 Å². The van der Waals surface area contributed by atoms with Gasteiger partial charge in [0.25, 0.3) is 11.5 Å². The van der Waals surface area contributed by atoms with E-state index in [-0.39, 0.29) is 11.5 Å². The van der Waals surface area contributed by atoms with Crippen molar-refractivity contribution < 1.29 is 4.79 Å². The maximum atomic E-state index is 12.4. The number of aromatic nitrogens is 2. The molecule has 2 aromatic carbocycles. The van der Waals surface area contributed by atoms with Crippen molar-refractivity contribution in [3.63, 3.8) is 0 Å². The van der Waals surface area contributed by atoms with Crippen molar-refractivity contribution in [1.82, 2.24) is 14.9 Å². The number of nitrogens with zero attached hydrogens (tertiary/aromatic N) is 2. The number of carbonyl (C=O) groups excluding carboxylic acids is 1. The normalized spacial score (nSPS) is 10.6. The van der Waals surface area contributed by atoms with E-state index in [9.17, 15) is 9.59 Å². The molecule has 6 heteroatoms. The summed E-state index contributed by atoms with van der Waals surface area (Å²) in [7, 11) is 0. The minimum atomic E-state index is -0.139. The number of benzene rings is 2. The summed E-state index contributed by atoms with van der Waals surface area (Å²) in [6.07, 6.45) is 1.53. The second-order valence-electron chi connectivity index (χ2n) is 5.86. The molecule has 3 aromatic rings. The molecule has 1 amide bonds. The van der Waals surface area contributed by atoms with Crippen LogP contribution in [0.3, 0.4) is 0 Å². The molecule has 0 saturated heterocycles. The van der Waals surface area contributed by atoms with Gasteiger partial charge in [-0.2, -0.15) is 0 Å². The summed E-state index contributed by atoms with van der Waals surface area (Å²) in [6.45, 7) is 2.78. The Morgan fingerprint density at radius 2 is 1.85 bits per heavy atom. The van der Waals surface area contributed by atoms with Gasteiger partial charge in [0, 0.05) is 29.6 Å². The number of amides is 1. The lowest BCUT2D eigenvalue weighted by molar-refractivity contribution is 0.0949. The van der Waals surface area contributed by atoms with Gasteiger partial charge in [-0.05, 0) is 17.9 Å². The summed E-state index contributed by atoms with van der Waals surface area (Å²) in [4.78, 5) is 30.0.